The molecular weight excluding hydrogens is 296 g/mol. The monoisotopic (exact) mass is 324 g/mol. The van der Waals surface area contributed by atoms with Gasteiger partial charge in [0.05, 0.1) is 6.04 Å². The maximum absolute atomic E-state index is 12.6. The summed E-state index contributed by atoms with van der Waals surface area (Å²) in [6.07, 6.45) is 5.30. The molecule has 3 nitrogen and oxygen atoms in total. The fourth-order valence-electron chi connectivity index (χ4n) is 3.50. The van der Waals surface area contributed by atoms with Crippen LogP contribution >= 0.6 is 12.4 Å². The van der Waals surface area contributed by atoms with E-state index in [4.69, 9.17) is 5.73 Å². The molecule has 1 aromatic carbocycles. The van der Waals surface area contributed by atoms with Gasteiger partial charge in [-0.15, -0.1) is 12.4 Å². The maximum Gasteiger partial charge on any atom is 0.239 e. The number of carbonyl (C=O) groups excluding carboxylic acids is 1. The zero-order valence-corrected chi connectivity index (χ0v) is 14.6. The van der Waals surface area contributed by atoms with Crippen LogP contribution in [0.5, 0.6) is 0 Å². The summed E-state index contributed by atoms with van der Waals surface area (Å²) >= 11 is 0. The summed E-state index contributed by atoms with van der Waals surface area (Å²) < 4.78 is 0. The third-order valence-electron chi connectivity index (χ3n) is 4.56. The Morgan fingerprint density at radius 2 is 2.05 bits per heavy atom. The predicted molar refractivity (Wildman–Crippen MR) is 94.2 cm³/mol. The minimum absolute atomic E-state index is 0. The van der Waals surface area contributed by atoms with Gasteiger partial charge >= 0.3 is 0 Å². The van der Waals surface area contributed by atoms with Crippen LogP contribution in [-0.4, -0.2) is 29.9 Å². The Morgan fingerprint density at radius 1 is 1.36 bits per heavy atom. The average Bonchev–Trinajstić information content (AvgIpc) is 2.47. The zero-order chi connectivity index (χ0) is 15.3. The van der Waals surface area contributed by atoms with Crippen LogP contribution in [0.3, 0.4) is 0 Å². The van der Waals surface area contributed by atoms with Crippen LogP contribution in [0.1, 0.15) is 45.1 Å². The van der Waals surface area contributed by atoms with Gasteiger partial charge in [-0.2, -0.15) is 0 Å². The summed E-state index contributed by atoms with van der Waals surface area (Å²) in [5.74, 6) is 0.112. The van der Waals surface area contributed by atoms with Gasteiger partial charge in [0.1, 0.15) is 0 Å². The van der Waals surface area contributed by atoms with E-state index in [0.29, 0.717) is 6.42 Å². The van der Waals surface area contributed by atoms with Crippen LogP contribution in [0.2, 0.25) is 0 Å². The Morgan fingerprint density at radius 3 is 2.68 bits per heavy atom. The second kappa shape index (κ2) is 8.54. The highest BCUT2D eigenvalue weighted by Gasteiger charge is 2.33. The second-order valence-electron chi connectivity index (χ2n) is 6.72. The molecule has 1 heterocycles. The van der Waals surface area contributed by atoms with E-state index in [9.17, 15) is 4.79 Å². The van der Waals surface area contributed by atoms with E-state index in [2.05, 4.69) is 13.8 Å². The van der Waals surface area contributed by atoms with Crippen molar-refractivity contribution in [3.63, 3.8) is 0 Å². The normalized spacial score (nSPS) is 22.8. The molecule has 0 aromatic heterocycles. The molecule has 1 aromatic rings. The molecule has 4 heteroatoms. The second-order valence-corrected chi connectivity index (χ2v) is 6.72. The zero-order valence-electron chi connectivity index (χ0n) is 13.8. The van der Waals surface area contributed by atoms with E-state index in [1.165, 1.54) is 19.3 Å². The van der Waals surface area contributed by atoms with Gasteiger partial charge < -0.3 is 10.6 Å². The first kappa shape index (κ1) is 19.0. The number of benzene rings is 1. The fraction of sp³-hybridized carbons (Fsp3) is 0.611. The van der Waals surface area contributed by atoms with Gasteiger partial charge in [0.2, 0.25) is 5.91 Å². The average molecular weight is 325 g/mol. The van der Waals surface area contributed by atoms with Crippen LogP contribution in [-0.2, 0) is 11.2 Å². The van der Waals surface area contributed by atoms with Crippen molar-refractivity contribution in [3.8, 4) is 0 Å². The summed E-state index contributed by atoms with van der Waals surface area (Å²) in [5, 5.41) is 0. The van der Waals surface area contributed by atoms with Crippen LogP contribution < -0.4 is 5.73 Å². The molecule has 1 saturated heterocycles. The third kappa shape index (κ3) is 4.99. The summed E-state index contributed by atoms with van der Waals surface area (Å²) in [5.41, 5.74) is 7.56. The topological polar surface area (TPSA) is 46.3 Å². The highest BCUT2D eigenvalue weighted by Crippen LogP contribution is 2.34. The van der Waals surface area contributed by atoms with Crippen molar-refractivity contribution in [1.82, 2.24) is 4.90 Å². The van der Waals surface area contributed by atoms with E-state index in [1.807, 2.05) is 35.2 Å². The molecule has 2 atom stereocenters. The minimum Gasteiger partial charge on any atom is -0.341 e. The molecule has 1 aliphatic rings. The molecule has 0 bridgehead atoms. The quantitative estimate of drug-likeness (QED) is 0.902. The molecule has 1 aliphatic heterocycles. The van der Waals surface area contributed by atoms with Crippen LogP contribution in [0.25, 0.3) is 0 Å². The highest BCUT2D eigenvalue weighted by molar-refractivity contribution is 5.85. The van der Waals surface area contributed by atoms with Crippen molar-refractivity contribution in [1.29, 1.82) is 0 Å². The molecule has 1 amide bonds. The van der Waals surface area contributed by atoms with Crippen LogP contribution in [0.4, 0.5) is 0 Å². The van der Waals surface area contributed by atoms with Crippen molar-refractivity contribution in [3.05, 3.63) is 35.9 Å². The largest absolute Gasteiger partial charge is 0.341 e. The first-order valence-corrected chi connectivity index (χ1v) is 8.12. The lowest BCUT2D eigenvalue weighted by Crippen LogP contribution is -2.51. The van der Waals surface area contributed by atoms with E-state index in [-0.39, 0.29) is 23.7 Å². The summed E-state index contributed by atoms with van der Waals surface area (Å²) in [4.78, 5) is 14.6. The lowest BCUT2D eigenvalue weighted by Gasteiger charge is -2.41. The van der Waals surface area contributed by atoms with Crippen molar-refractivity contribution in [2.45, 2.75) is 52.0 Å². The Balaban J connectivity index is 0.00000242. The number of piperidine rings is 1. The number of nitrogens with zero attached hydrogens (tertiary/aromatic N) is 1. The first-order chi connectivity index (χ1) is 10.0. The molecule has 22 heavy (non-hydrogen) atoms. The lowest BCUT2D eigenvalue weighted by atomic mass is 9.78. The van der Waals surface area contributed by atoms with Crippen molar-refractivity contribution in [2.75, 3.05) is 13.1 Å². The van der Waals surface area contributed by atoms with Crippen LogP contribution in [0, 0.1) is 5.41 Å². The molecule has 0 aliphatic carbocycles. The molecule has 0 saturated carbocycles. The third-order valence-corrected chi connectivity index (χ3v) is 4.56. The summed E-state index contributed by atoms with van der Waals surface area (Å²) in [6, 6.07) is 9.61. The Labute approximate surface area is 140 Å². The molecule has 1 fully saturated rings. The molecular formula is C18H29ClN2O. The number of hydrogen-bond acceptors (Lipinski definition) is 2. The van der Waals surface area contributed by atoms with Gasteiger partial charge in [-0.1, -0.05) is 50.6 Å². The molecule has 0 radical (unpaired) electrons. The van der Waals surface area contributed by atoms with Gasteiger partial charge in [0.25, 0.3) is 0 Å². The number of hydrogen-bond donors (Lipinski definition) is 1. The predicted octanol–water partition coefficient (Wildman–Crippen LogP) is 3.41. The van der Waals surface area contributed by atoms with Gasteiger partial charge in [-0.3, -0.25) is 4.79 Å². The van der Waals surface area contributed by atoms with Gasteiger partial charge in [0.15, 0.2) is 0 Å². The van der Waals surface area contributed by atoms with Gasteiger partial charge in [-0.25, -0.2) is 0 Å². The number of likely N-dealkylation sites (tertiary alicyclic amines) is 1. The number of halogens is 1. The van der Waals surface area contributed by atoms with Crippen molar-refractivity contribution < 1.29 is 4.79 Å². The van der Waals surface area contributed by atoms with E-state index in [1.54, 1.807) is 0 Å². The Hall–Kier alpha value is -1.06. The SMILES string of the molecule is CCCC1(C)CCCN(C(=O)[C@@H](N)Cc2ccccc2)C1.Cl. The Bertz CT molecular complexity index is 461. The molecule has 0 spiro atoms. The number of carbonyl (C=O) groups is 1. The minimum atomic E-state index is -0.420. The number of nitrogens with two attached hydrogens (primary N) is 1. The van der Waals surface area contributed by atoms with E-state index >= 15 is 0 Å². The lowest BCUT2D eigenvalue weighted by molar-refractivity contribution is -0.136. The van der Waals surface area contributed by atoms with E-state index < -0.39 is 6.04 Å². The van der Waals surface area contributed by atoms with Gasteiger partial charge in [0, 0.05) is 13.1 Å². The highest BCUT2D eigenvalue weighted by atomic mass is 35.5. The van der Waals surface area contributed by atoms with Crippen molar-refractivity contribution >= 4 is 18.3 Å². The Kier molecular flexibility index (Phi) is 7.37. The number of amides is 1. The number of rotatable bonds is 5. The summed E-state index contributed by atoms with van der Waals surface area (Å²) in [7, 11) is 0. The smallest absolute Gasteiger partial charge is 0.239 e. The molecule has 1 unspecified atom stereocenters. The van der Waals surface area contributed by atoms with Crippen molar-refractivity contribution in [2.24, 2.45) is 11.1 Å². The van der Waals surface area contributed by atoms with Gasteiger partial charge in [-0.05, 0) is 36.7 Å². The molecule has 2 rings (SSSR count). The molecule has 124 valence electrons. The standard InChI is InChI=1S/C18H28N2O.ClH/c1-3-10-18(2)11-7-12-20(14-18)17(21)16(19)13-15-8-5-4-6-9-15;/h4-6,8-9,16H,3,7,10-14,19H2,1-2H3;1H/t16-,18?;/m0./s1. The van der Waals surface area contributed by atoms with Crippen LogP contribution in [0.15, 0.2) is 30.3 Å². The summed E-state index contributed by atoms with van der Waals surface area (Å²) in [6.45, 7) is 6.24. The fourth-order valence-corrected chi connectivity index (χ4v) is 3.50. The molecule has 2 N–H and O–H groups in total. The first-order valence-electron chi connectivity index (χ1n) is 8.12. The van der Waals surface area contributed by atoms with E-state index in [0.717, 1.165) is 25.1 Å². The maximum atomic E-state index is 12.6.